The number of nitrogen functional groups attached to an aromatic ring is 1. The van der Waals surface area contributed by atoms with Gasteiger partial charge in [-0.3, -0.25) is 4.57 Å². The molecule has 0 saturated carbocycles. The summed E-state index contributed by atoms with van der Waals surface area (Å²) in [6.45, 7) is 5.93. The maximum absolute atomic E-state index is 11.8. The standard InChI is InChI=1S/C14H18N4O2/c1-4-10-17-12(14(19)20-5-2)13(15)18(10)11-7-6-9(3)8-16-11/h6-8H,4-5,15H2,1-3H3. The summed E-state index contributed by atoms with van der Waals surface area (Å²) >= 11 is 0. The van der Waals surface area contributed by atoms with Gasteiger partial charge in [0.25, 0.3) is 0 Å². The summed E-state index contributed by atoms with van der Waals surface area (Å²) in [4.78, 5) is 20.4. The third-order valence-corrected chi connectivity index (χ3v) is 2.89. The van der Waals surface area contributed by atoms with Crippen LogP contribution in [0.25, 0.3) is 5.82 Å². The highest BCUT2D eigenvalue weighted by molar-refractivity contribution is 5.92. The Kier molecular flexibility index (Phi) is 4.02. The normalized spacial score (nSPS) is 10.6. The Labute approximate surface area is 117 Å². The van der Waals surface area contributed by atoms with E-state index in [0.717, 1.165) is 5.56 Å². The van der Waals surface area contributed by atoms with E-state index in [-0.39, 0.29) is 18.1 Å². The van der Waals surface area contributed by atoms with Gasteiger partial charge in [-0.1, -0.05) is 13.0 Å². The largest absolute Gasteiger partial charge is 0.461 e. The minimum absolute atomic E-state index is 0.145. The number of imidazole rings is 1. The van der Waals surface area contributed by atoms with Crippen LogP contribution in [0.2, 0.25) is 0 Å². The molecule has 0 radical (unpaired) electrons. The van der Waals surface area contributed by atoms with Gasteiger partial charge in [0.15, 0.2) is 5.69 Å². The average Bonchev–Trinajstić information content (AvgIpc) is 2.77. The first-order chi connectivity index (χ1) is 9.58. The first kappa shape index (κ1) is 14.0. The predicted octanol–water partition coefficient (Wildman–Crippen LogP) is 1.90. The Morgan fingerprint density at radius 3 is 2.70 bits per heavy atom. The van der Waals surface area contributed by atoms with Crippen molar-refractivity contribution in [2.24, 2.45) is 0 Å². The van der Waals surface area contributed by atoms with Gasteiger partial charge in [-0.2, -0.15) is 0 Å². The van der Waals surface area contributed by atoms with Gasteiger partial charge in [-0.05, 0) is 25.5 Å². The zero-order chi connectivity index (χ0) is 14.7. The first-order valence-electron chi connectivity index (χ1n) is 6.55. The molecule has 0 atom stereocenters. The van der Waals surface area contributed by atoms with Crippen LogP contribution in [0.3, 0.4) is 0 Å². The van der Waals surface area contributed by atoms with Crippen molar-refractivity contribution in [1.29, 1.82) is 0 Å². The molecule has 0 amide bonds. The molecular formula is C14H18N4O2. The topological polar surface area (TPSA) is 83.0 Å². The molecular weight excluding hydrogens is 256 g/mol. The predicted molar refractivity (Wildman–Crippen MR) is 75.8 cm³/mol. The minimum Gasteiger partial charge on any atom is -0.461 e. The fourth-order valence-corrected chi connectivity index (χ4v) is 1.92. The van der Waals surface area contributed by atoms with Gasteiger partial charge < -0.3 is 10.5 Å². The average molecular weight is 274 g/mol. The molecule has 2 aromatic rings. The molecule has 0 unspecified atom stereocenters. The molecule has 2 heterocycles. The van der Waals surface area contributed by atoms with E-state index in [4.69, 9.17) is 10.5 Å². The van der Waals surface area contributed by atoms with Crippen LogP contribution in [0.4, 0.5) is 5.82 Å². The molecule has 6 heteroatoms. The maximum atomic E-state index is 11.8. The fraction of sp³-hybridized carbons (Fsp3) is 0.357. The summed E-state index contributed by atoms with van der Waals surface area (Å²) in [6.07, 6.45) is 2.39. The number of aromatic nitrogens is 3. The third kappa shape index (κ3) is 2.49. The molecule has 0 aromatic carbocycles. The van der Waals surface area contributed by atoms with Crippen LogP contribution >= 0.6 is 0 Å². The number of ether oxygens (including phenoxy) is 1. The number of anilines is 1. The van der Waals surface area contributed by atoms with E-state index in [9.17, 15) is 4.79 Å². The van der Waals surface area contributed by atoms with Crippen molar-refractivity contribution in [1.82, 2.24) is 14.5 Å². The van der Waals surface area contributed by atoms with Gasteiger partial charge in [0.1, 0.15) is 17.5 Å². The molecule has 20 heavy (non-hydrogen) atoms. The van der Waals surface area contributed by atoms with E-state index in [2.05, 4.69) is 9.97 Å². The number of rotatable bonds is 4. The van der Waals surface area contributed by atoms with Crippen LogP contribution in [0.5, 0.6) is 0 Å². The molecule has 0 aliphatic rings. The van der Waals surface area contributed by atoms with Gasteiger partial charge in [0, 0.05) is 12.6 Å². The number of carbonyl (C=O) groups excluding carboxylic acids is 1. The number of nitrogens with zero attached hydrogens (tertiary/aromatic N) is 3. The van der Waals surface area contributed by atoms with Crippen LogP contribution in [0.15, 0.2) is 18.3 Å². The van der Waals surface area contributed by atoms with E-state index < -0.39 is 5.97 Å². The van der Waals surface area contributed by atoms with Gasteiger partial charge in [0.2, 0.25) is 0 Å². The SMILES string of the molecule is CCOC(=O)c1nc(CC)n(-c2ccc(C)cn2)c1N. The summed E-state index contributed by atoms with van der Waals surface area (Å²) in [5, 5.41) is 0. The smallest absolute Gasteiger partial charge is 0.360 e. The molecule has 0 aliphatic heterocycles. The summed E-state index contributed by atoms with van der Waals surface area (Å²) < 4.78 is 6.65. The zero-order valence-electron chi connectivity index (χ0n) is 11.9. The van der Waals surface area contributed by atoms with E-state index >= 15 is 0 Å². The first-order valence-corrected chi connectivity index (χ1v) is 6.55. The second-order valence-electron chi connectivity index (χ2n) is 4.37. The Morgan fingerprint density at radius 1 is 1.40 bits per heavy atom. The van der Waals surface area contributed by atoms with Crippen LogP contribution in [-0.4, -0.2) is 27.1 Å². The summed E-state index contributed by atoms with van der Waals surface area (Å²) in [5.74, 6) is 1.08. The number of nitrogens with two attached hydrogens (primary N) is 1. The van der Waals surface area contributed by atoms with Crippen LogP contribution in [0.1, 0.15) is 35.7 Å². The quantitative estimate of drug-likeness (QED) is 0.861. The number of hydrogen-bond acceptors (Lipinski definition) is 5. The number of hydrogen-bond donors (Lipinski definition) is 1. The minimum atomic E-state index is -0.509. The van der Waals surface area contributed by atoms with Crippen molar-refractivity contribution in [2.75, 3.05) is 12.3 Å². The van der Waals surface area contributed by atoms with Crippen LogP contribution in [0, 0.1) is 6.92 Å². The summed E-state index contributed by atoms with van der Waals surface area (Å²) in [6, 6.07) is 3.78. The van der Waals surface area contributed by atoms with Gasteiger partial charge in [-0.15, -0.1) is 0 Å². The van der Waals surface area contributed by atoms with Crippen molar-refractivity contribution in [2.45, 2.75) is 27.2 Å². The van der Waals surface area contributed by atoms with Gasteiger partial charge in [0.05, 0.1) is 6.61 Å². The Hall–Kier alpha value is -2.37. The number of aryl methyl sites for hydroxylation is 2. The highest BCUT2D eigenvalue weighted by Gasteiger charge is 2.22. The highest BCUT2D eigenvalue weighted by atomic mass is 16.5. The fourth-order valence-electron chi connectivity index (χ4n) is 1.92. The van der Waals surface area contributed by atoms with E-state index in [1.807, 2.05) is 26.0 Å². The molecule has 0 saturated heterocycles. The molecule has 2 aromatic heterocycles. The summed E-state index contributed by atoms with van der Waals surface area (Å²) in [7, 11) is 0. The van der Waals surface area contributed by atoms with Crippen LogP contribution < -0.4 is 5.73 Å². The molecule has 2 N–H and O–H groups in total. The third-order valence-electron chi connectivity index (χ3n) is 2.89. The van der Waals surface area contributed by atoms with Crippen molar-refractivity contribution >= 4 is 11.8 Å². The molecule has 0 aliphatic carbocycles. The molecule has 0 fully saturated rings. The van der Waals surface area contributed by atoms with Crippen molar-refractivity contribution < 1.29 is 9.53 Å². The van der Waals surface area contributed by atoms with Crippen molar-refractivity contribution in [3.63, 3.8) is 0 Å². The highest BCUT2D eigenvalue weighted by Crippen LogP contribution is 2.21. The Bertz CT molecular complexity index is 617. The van der Waals surface area contributed by atoms with Crippen molar-refractivity contribution in [3.8, 4) is 5.82 Å². The monoisotopic (exact) mass is 274 g/mol. The number of pyridine rings is 1. The molecule has 0 bridgehead atoms. The molecule has 0 spiro atoms. The van der Waals surface area contributed by atoms with Crippen LogP contribution in [-0.2, 0) is 11.2 Å². The zero-order valence-corrected chi connectivity index (χ0v) is 11.9. The van der Waals surface area contributed by atoms with E-state index in [1.54, 1.807) is 17.7 Å². The van der Waals surface area contributed by atoms with Gasteiger partial charge in [-0.25, -0.2) is 14.8 Å². The Balaban J connectivity index is 2.52. The van der Waals surface area contributed by atoms with Gasteiger partial charge >= 0.3 is 5.97 Å². The molecule has 106 valence electrons. The second-order valence-corrected chi connectivity index (χ2v) is 4.37. The molecule has 2 rings (SSSR count). The maximum Gasteiger partial charge on any atom is 0.360 e. The number of carbonyl (C=O) groups is 1. The lowest BCUT2D eigenvalue weighted by Crippen LogP contribution is -2.10. The summed E-state index contributed by atoms with van der Waals surface area (Å²) in [5.41, 5.74) is 7.24. The lowest BCUT2D eigenvalue weighted by atomic mass is 10.3. The van der Waals surface area contributed by atoms with Crippen molar-refractivity contribution in [3.05, 3.63) is 35.4 Å². The van der Waals surface area contributed by atoms with E-state index in [0.29, 0.717) is 18.1 Å². The Morgan fingerprint density at radius 2 is 2.15 bits per heavy atom. The van der Waals surface area contributed by atoms with E-state index in [1.165, 1.54) is 0 Å². The molecule has 6 nitrogen and oxygen atoms in total. The lowest BCUT2D eigenvalue weighted by Gasteiger charge is -2.07. The number of esters is 1. The lowest BCUT2D eigenvalue weighted by molar-refractivity contribution is 0.0521. The second kappa shape index (κ2) is 5.73.